The Bertz CT molecular complexity index is 575. The van der Waals surface area contributed by atoms with Crippen LogP contribution in [0.4, 0.5) is 0 Å². The van der Waals surface area contributed by atoms with Crippen LogP contribution in [0.5, 0.6) is 0 Å². The normalized spacial score (nSPS) is 42.3. The number of aldehydes is 2. The average Bonchev–Trinajstić information content (AvgIpc) is 2.98. The van der Waals surface area contributed by atoms with Gasteiger partial charge in [-0.15, -0.1) is 0 Å². The van der Waals surface area contributed by atoms with Crippen molar-refractivity contribution in [2.75, 3.05) is 6.61 Å². The summed E-state index contributed by atoms with van der Waals surface area (Å²) in [6.07, 6.45) is 11.2. The van der Waals surface area contributed by atoms with Crippen molar-refractivity contribution in [3.63, 3.8) is 0 Å². The van der Waals surface area contributed by atoms with Crippen molar-refractivity contribution in [2.24, 2.45) is 22.7 Å². The van der Waals surface area contributed by atoms with E-state index in [9.17, 15) is 14.7 Å². The molecule has 1 heterocycles. The molecular weight excluding hydrogens is 304 g/mol. The van der Waals surface area contributed by atoms with Crippen molar-refractivity contribution >= 4 is 12.6 Å². The molecule has 2 aliphatic carbocycles. The number of aliphatic hydroxyl groups is 1. The molecule has 4 heteroatoms. The molecule has 4 nitrogen and oxygen atoms in total. The zero-order valence-electron chi connectivity index (χ0n) is 14.8. The number of carbonyl (C=O) groups excluding carboxylic acids is 2. The molecule has 0 unspecified atom stereocenters. The summed E-state index contributed by atoms with van der Waals surface area (Å²) in [5.41, 5.74) is -0.327. The van der Waals surface area contributed by atoms with Gasteiger partial charge < -0.3 is 14.6 Å². The van der Waals surface area contributed by atoms with Crippen LogP contribution in [0.1, 0.15) is 46.5 Å². The zero-order valence-corrected chi connectivity index (χ0v) is 14.8. The van der Waals surface area contributed by atoms with Crippen LogP contribution < -0.4 is 0 Å². The summed E-state index contributed by atoms with van der Waals surface area (Å²) in [5, 5.41) is 9.78. The first-order chi connectivity index (χ1) is 11.3. The van der Waals surface area contributed by atoms with E-state index >= 15 is 0 Å². The van der Waals surface area contributed by atoms with Crippen molar-refractivity contribution in [1.82, 2.24) is 0 Å². The molecule has 5 atom stereocenters. The fourth-order valence-electron chi connectivity index (χ4n) is 5.38. The summed E-state index contributed by atoms with van der Waals surface area (Å²) in [5.74, 6) is -0.226. The SMILES string of the molecule is CC(C)(O)/C=C\C=C(\C=O)[C@H]1CC[C@]2(C)[C@@H]3CC[C@]2(CO3)[C@@H]1C=O. The van der Waals surface area contributed by atoms with Crippen LogP contribution in [0, 0.1) is 22.7 Å². The van der Waals surface area contributed by atoms with Gasteiger partial charge in [-0.1, -0.05) is 25.2 Å². The molecule has 3 rings (SSSR count). The van der Waals surface area contributed by atoms with E-state index in [-0.39, 0.29) is 28.8 Å². The molecular formula is C20H28O4. The molecule has 3 aliphatic rings. The number of allylic oxidation sites excluding steroid dienone is 3. The van der Waals surface area contributed by atoms with Gasteiger partial charge in [0.25, 0.3) is 0 Å². The fraction of sp³-hybridized carbons (Fsp3) is 0.700. The Morgan fingerprint density at radius 1 is 1.25 bits per heavy atom. The third-order valence-corrected chi connectivity index (χ3v) is 6.79. The first kappa shape index (κ1) is 17.6. The van der Waals surface area contributed by atoms with Crippen molar-refractivity contribution < 1.29 is 19.4 Å². The molecule has 2 bridgehead atoms. The predicted octanol–water partition coefficient (Wildman–Crippen LogP) is 2.85. The number of rotatable bonds is 5. The van der Waals surface area contributed by atoms with Gasteiger partial charge in [0.2, 0.25) is 0 Å². The van der Waals surface area contributed by atoms with Crippen LogP contribution in [0.15, 0.2) is 23.8 Å². The molecule has 0 aromatic rings. The molecule has 0 spiro atoms. The van der Waals surface area contributed by atoms with E-state index in [1.54, 1.807) is 32.1 Å². The smallest absolute Gasteiger partial charge is 0.146 e. The highest BCUT2D eigenvalue weighted by Gasteiger charge is 2.68. The van der Waals surface area contributed by atoms with Gasteiger partial charge in [-0.2, -0.15) is 0 Å². The molecule has 0 radical (unpaired) electrons. The maximum atomic E-state index is 12.0. The fourth-order valence-corrected chi connectivity index (χ4v) is 5.38. The van der Waals surface area contributed by atoms with E-state index < -0.39 is 5.60 Å². The van der Waals surface area contributed by atoms with E-state index in [2.05, 4.69) is 6.92 Å². The van der Waals surface area contributed by atoms with Gasteiger partial charge in [-0.3, -0.25) is 4.79 Å². The highest BCUT2D eigenvalue weighted by Crippen LogP contribution is 2.69. The second kappa shape index (κ2) is 5.92. The Labute approximate surface area is 144 Å². The third-order valence-electron chi connectivity index (χ3n) is 6.79. The quantitative estimate of drug-likeness (QED) is 0.478. The van der Waals surface area contributed by atoms with Gasteiger partial charge in [-0.25, -0.2) is 0 Å². The molecule has 0 aromatic heterocycles. The molecule has 0 amide bonds. The molecule has 24 heavy (non-hydrogen) atoms. The summed E-state index contributed by atoms with van der Waals surface area (Å²) >= 11 is 0. The second-order valence-corrected chi connectivity index (χ2v) is 8.52. The van der Waals surface area contributed by atoms with Crippen molar-refractivity contribution in [2.45, 2.75) is 58.2 Å². The van der Waals surface area contributed by atoms with E-state index in [4.69, 9.17) is 4.74 Å². The first-order valence-electron chi connectivity index (χ1n) is 8.91. The van der Waals surface area contributed by atoms with E-state index in [0.29, 0.717) is 12.2 Å². The van der Waals surface area contributed by atoms with Gasteiger partial charge in [-0.05, 0) is 51.0 Å². The Morgan fingerprint density at radius 3 is 2.54 bits per heavy atom. The van der Waals surface area contributed by atoms with Crippen molar-refractivity contribution in [1.29, 1.82) is 0 Å². The van der Waals surface area contributed by atoms with Gasteiger partial charge in [0.15, 0.2) is 0 Å². The number of hydrogen-bond acceptors (Lipinski definition) is 4. The lowest BCUT2D eigenvalue weighted by atomic mass is 9.51. The summed E-state index contributed by atoms with van der Waals surface area (Å²) < 4.78 is 6.00. The molecule has 132 valence electrons. The lowest BCUT2D eigenvalue weighted by Gasteiger charge is -2.50. The molecule has 2 saturated carbocycles. The van der Waals surface area contributed by atoms with Crippen LogP contribution in [0.25, 0.3) is 0 Å². The minimum Gasteiger partial charge on any atom is -0.386 e. The average molecular weight is 332 g/mol. The van der Waals surface area contributed by atoms with Crippen LogP contribution in [-0.4, -0.2) is 36.0 Å². The zero-order chi connectivity index (χ0) is 17.6. The van der Waals surface area contributed by atoms with Gasteiger partial charge in [0, 0.05) is 16.7 Å². The Hall–Kier alpha value is -1.26. The van der Waals surface area contributed by atoms with E-state index in [1.807, 2.05) is 0 Å². The van der Waals surface area contributed by atoms with Crippen LogP contribution in [-0.2, 0) is 14.3 Å². The number of ether oxygens (including phenoxy) is 1. The molecule has 3 fully saturated rings. The molecule has 1 saturated heterocycles. The van der Waals surface area contributed by atoms with Crippen LogP contribution in [0.3, 0.4) is 0 Å². The maximum Gasteiger partial charge on any atom is 0.146 e. The maximum absolute atomic E-state index is 12.0. The second-order valence-electron chi connectivity index (χ2n) is 8.52. The largest absolute Gasteiger partial charge is 0.386 e. The summed E-state index contributed by atoms with van der Waals surface area (Å²) in [4.78, 5) is 23.7. The summed E-state index contributed by atoms with van der Waals surface area (Å²) in [6.45, 7) is 6.28. The van der Waals surface area contributed by atoms with Crippen molar-refractivity contribution in [3.05, 3.63) is 23.8 Å². The minimum atomic E-state index is -0.920. The standard InChI is InChI=1S/C20H28O4/c1-18(2,23)8-4-5-14(11-21)15-6-9-19(3)17-7-10-20(19,13-24-17)16(15)12-22/h4-5,8,11-12,15-17,23H,6-7,9-10,13H2,1-3H3/b8-4-,14-5-/t15-,16-,17+,19-,20+/m1/s1. The van der Waals surface area contributed by atoms with Crippen LogP contribution >= 0.6 is 0 Å². The summed E-state index contributed by atoms with van der Waals surface area (Å²) in [6, 6.07) is 0. The summed E-state index contributed by atoms with van der Waals surface area (Å²) in [7, 11) is 0. The van der Waals surface area contributed by atoms with E-state index in [1.165, 1.54) is 0 Å². The predicted molar refractivity (Wildman–Crippen MR) is 91.4 cm³/mol. The lowest BCUT2D eigenvalue weighted by Crippen LogP contribution is -2.50. The first-order valence-corrected chi connectivity index (χ1v) is 8.91. The molecule has 0 aromatic carbocycles. The third kappa shape index (κ3) is 2.51. The van der Waals surface area contributed by atoms with Gasteiger partial charge in [0.1, 0.15) is 12.6 Å². The van der Waals surface area contributed by atoms with Gasteiger partial charge in [0.05, 0.1) is 18.3 Å². The lowest BCUT2D eigenvalue weighted by molar-refractivity contribution is -0.124. The minimum absolute atomic E-state index is 0.0556. The highest BCUT2D eigenvalue weighted by atomic mass is 16.5. The van der Waals surface area contributed by atoms with Crippen molar-refractivity contribution in [3.8, 4) is 0 Å². The monoisotopic (exact) mass is 332 g/mol. The Kier molecular flexibility index (Phi) is 4.33. The molecule has 1 N–H and O–H groups in total. The van der Waals surface area contributed by atoms with Gasteiger partial charge >= 0.3 is 0 Å². The van der Waals surface area contributed by atoms with E-state index in [0.717, 1.165) is 38.3 Å². The Morgan fingerprint density at radius 2 is 2.00 bits per heavy atom. The number of hydrogen-bond donors (Lipinski definition) is 1. The van der Waals surface area contributed by atoms with Crippen LogP contribution in [0.2, 0.25) is 0 Å². The highest BCUT2D eigenvalue weighted by molar-refractivity contribution is 5.76. The molecule has 1 aliphatic heterocycles. The number of carbonyl (C=O) groups is 2. The topological polar surface area (TPSA) is 63.6 Å². The Balaban J connectivity index is 1.91.